The molecule has 3 N–H and O–H groups in total. The van der Waals surface area contributed by atoms with Crippen LogP contribution in [0.5, 0.6) is 5.75 Å². The highest BCUT2D eigenvalue weighted by Crippen LogP contribution is 2.31. The zero-order valence-corrected chi connectivity index (χ0v) is 12.7. The molecule has 2 atom stereocenters. The standard InChI is InChI=1S/C16H21F3N2O2/c17-16(18,19)10-23-14-7-2-1-4-12(14)9-21-15(22)13-6-3-5-11(13)8-20/h1-2,4,7,11,13H,3,5-6,8-10,20H2,(H,21,22)/t11-,13-/m1/s1. The molecule has 0 heterocycles. The molecule has 128 valence electrons. The number of carbonyl (C=O) groups is 1. The van der Waals surface area contributed by atoms with E-state index >= 15 is 0 Å². The number of halogens is 3. The maximum absolute atomic E-state index is 12.3. The van der Waals surface area contributed by atoms with Crippen LogP contribution in [0.3, 0.4) is 0 Å². The summed E-state index contributed by atoms with van der Waals surface area (Å²) in [6.07, 6.45) is -1.67. The molecule has 0 bridgehead atoms. The van der Waals surface area contributed by atoms with Crippen LogP contribution < -0.4 is 15.8 Å². The van der Waals surface area contributed by atoms with Gasteiger partial charge in [-0.15, -0.1) is 0 Å². The van der Waals surface area contributed by atoms with E-state index < -0.39 is 12.8 Å². The lowest BCUT2D eigenvalue weighted by Crippen LogP contribution is -2.34. The lowest BCUT2D eigenvalue weighted by atomic mass is 9.95. The van der Waals surface area contributed by atoms with Gasteiger partial charge >= 0.3 is 6.18 Å². The summed E-state index contributed by atoms with van der Waals surface area (Å²) in [4.78, 5) is 12.2. The van der Waals surface area contributed by atoms with Gasteiger partial charge in [-0.3, -0.25) is 4.79 Å². The van der Waals surface area contributed by atoms with Crippen molar-refractivity contribution in [2.45, 2.75) is 32.0 Å². The molecule has 1 fully saturated rings. The molecule has 1 aliphatic carbocycles. The molecular formula is C16H21F3N2O2. The van der Waals surface area contributed by atoms with Gasteiger partial charge < -0.3 is 15.8 Å². The van der Waals surface area contributed by atoms with Crippen LogP contribution in [-0.2, 0) is 11.3 Å². The van der Waals surface area contributed by atoms with Gasteiger partial charge in [0.2, 0.25) is 5.91 Å². The Kier molecular flexibility index (Phi) is 5.87. The van der Waals surface area contributed by atoms with Crippen molar-refractivity contribution in [3.05, 3.63) is 29.8 Å². The topological polar surface area (TPSA) is 64.4 Å². The van der Waals surface area contributed by atoms with Crippen LogP contribution in [0.25, 0.3) is 0 Å². The van der Waals surface area contributed by atoms with Crippen molar-refractivity contribution in [2.75, 3.05) is 13.2 Å². The highest BCUT2D eigenvalue weighted by Gasteiger charge is 2.32. The van der Waals surface area contributed by atoms with E-state index in [1.807, 2.05) is 0 Å². The number of hydrogen-bond acceptors (Lipinski definition) is 3. The molecule has 7 heteroatoms. The Bertz CT molecular complexity index is 534. The maximum Gasteiger partial charge on any atom is 0.422 e. The predicted octanol–water partition coefficient (Wildman–Crippen LogP) is 2.62. The van der Waals surface area contributed by atoms with Crippen LogP contribution in [0.4, 0.5) is 13.2 Å². The Morgan fingerprint density at radius 1 is 1.30 bits per heavy atom. The van der Waals surface area contributed by atoms with E-state index in [4.69, 9.17) is 10.5 Å². The van der Waals surface area contributed by atoms with Crippen molar-refractivity contribution in [1.29, 1.82) is 0 Å². The number of rotatable bonds is 6. The van der Waals surface area contributed by atoms with Crippen molar-refractivity contribution in [3.63, 3.8) is 0 Å². The van der Waals surface area contributed by atoms with E-state index in [-0.39, 0.29) is 30.0 Å². The Labute approximate surface area is 133 Å². The summed E-state index contributed by atoms with van der Waals surface area (Å²) < 4.78 is 41.6. The van der Waals surface area contributed by atoms with Crippen LogP contribution in [0.2, 0.25) is 0 Å². The van der Waals surface area contributed by atoms with Gasteiger partial charge in [-0.1, -0.05) is 24.6 Å². The molecule has 1 aromatic carbocycles. The summed E-state index contributed by atoms with van der Waals surface area (Å²) in [7, 11) is 0. The molecule has 4 nitrogen and oxygen atoms in total. The second kappa shape index (κ2) is 7.68. The number of benzene rings is 1. The van der Waals surface area contributed by atoms with Gasteiger partial charge in [0.15, 0.2) is 6.61 Å². The minimum Gasteiger partial charge on any atom is -0.484 e. The van der Waals surface area contributed by atoms with Crippen molar-refractivity contribution >= 4 is 5.91 Å². The van der Waals surface area contributed by atoms with Gasteiger partial charge in [0, 0.05) is 18.0 Å². The van der Waals surface area contributed by atoms with Gasteiger partial charge in [0.25, 0.3) is 0 Å². The first kappa shape index (κ1) is 17.6. The number of carbonyl (C=O) groups excluding carboxylic acids is 1. The van der Waals surface area contributed by atoms with Crippen molar-refractivity contribution in [3.8, 4) is 5.75 Å². The minimum absolute atomic E-state index is 0.0939. The molecule has 0 aromatic heterocycles. The van der Waals surface area contributed by atoms with Gasteiger partial charge in [-0.25, -0.2) is 0 Å². The van der Waals surface area contributed by atoms with Crippen LogP contribution in [0.15, 0.2) is 24.3 Å². The molecule has 0 saturated heterocycles. The highest BCUT2D eigenvalue weighted by molar-refractivity contribution is 5.79. The third-order valence-corrected chi connectivity index (χ3v) is 4.12. The Morgan fingerprint density at radius 2 is 2.04 bits per heavy atom. The third kappa shape index (κ3) is 5.13. The molecule has 0 radical (unpaired) electrons. The monoisotopic (exact) mass is 330 g/mol. The normalized spacial score (nSPS) is 21.2. The third-order valence-electron chi connectivity index (χ3n) is 4.12. The molecular weight excluding hydrogens is 309 g/mol. The summed E-state index contributed by atoms with van der Waals surface area (Å²) in [5.74, 6) is 0.116. The van der Waals surface area contributed by atoms with Crippen molar-refractivity contribution < 1.29 is 22.7 Å². The molecule has 2 rings (SSSR count). The molecule has 0 spiro atoms. The molecule has 23 heavy (non-hydrogen) atoms. The number of alkyl halides is 3. The molecule has 1 amide bonds. The van der Waals surface area contributed by atoms with Crippen molar-refractivity contribution in [1.82, 2.24) is 5.32 Å². The van der Waals surface area contributed by atoms with E-state index in [9.17, 15) is 18.0 Å². The Balaban J connectivity index is 1.94. The van der Waals surface area contributed by atoms with E-state index in [1.165, 1.54) is 6.07 Å². The Hall–Kier alpha value is -1.76. The summed E-state index contributed by atoms with van der Waals surface area (Å²) >= 11 is 0. The highest BCUT2D eigenvalue weighted by atomic mass is 19.4. The van der Waals surface area contributed by atoms with Crippen LogP contribution >= 0.6 is 0 Å². The number of hydrogen-bond donors (Lipinski definition) is 2. The second-order valence-electron chi connectivity index (χ2n) is 5.76. The summed E-state index contributed by atoms with van der Waals surface area (Å²) in [6, 6.07) is 6.39. The maximum atomic E-state index is 12.3. The fourth-order valence-corrected chi connectivity index (χ4v) is 2.93. The molecule has 1 aromatic rings. The number of nitrogens with one attached hydrogen (secondary N) is 1. The average molecular weight is 330 g/mol. The fourth-order valence-electron chi connectivity index (χ4n) is 2.93. The van der Waals surface area contributed by atoms with E-state index in [0.717, 1.165) is 19.3 Å². The quantitative estimate of drug-likeness (QED) is 0.843. The Morgan fingerprint density at radius 3 is 2.74 bits per heavy atom. The van der Waals surface area contributed by atoms with Gasteiger partial charge in [0.1, 0.15) is 5.75 Å². The zero-order chi connectivity index (χ0) is 16.9. The SMILES string of the molecule is NC[C@H]1CCC[C@H]1C(=O)NCc1ccccc1OCC(F)(F)F. The largest absolute Gasteiger partial charge is 0.484 e. The van der Waals surface area contributed by atoms with Crippen LogP contribution in [0.1, 0.15) is 24.8 Å². The number of nitrogens with two attached hydrogens (primary N) is 1. The predicted molar refractivity (Wildman–Crippen MR) is 79.7 cm³/mol. The first-order chi connectivity index (χ1) is 10.9. The smallest absolute Gasteiger partial charge is 0.422 e. The first-order valence-electron chi connectivity index (χ1n) is 7.66. The lowest BCUT2D eigenvalue weighted by Gasteiger charge is -2.18. The average Bonchev–Trinajstić information content (AvgIpc) is 2.99. The van der Waals surface area contributed by atoms with Crippen molar-refractivity contribution in [2.24, 2.45) is 17.6 Å². The number of ether oxygens (including phenoxy) is 1. The van der Waals surface area contributed by atoms with Crippen LogP contribution in [0, 0.1) is 11.8 Å². The van der Waals surface area contributed by atoms with E-state index in [0.29, 0.717) is 12.1 Å². The fraction of sp³-hybridized carbons (Fsp3) is 0.562. The van der Waals surface area contributed by atoms with Gasteiger partial charge in [-0.05, 0) is 31.4 Å². The summed E-state index contributed by atoms with van der Waals surface area (Å²) in [5.41, 5.74) is 6.19. The minimum atomic E-state index is -4.39. The molecule has 1 saturated carbocycles. The zero-order valence-electron chi connectivity index (χ0n) is 12.7. The lowest BCUT2D eigenvalue weighted by molar-refractivity contribution is -0.153. The number of para-hydroxylation sites is 1. The second-order valence-corrected chi connectivity index (χ2v) is 5.76. The van der Waals surface area contributed by atoms with Crippen LogP contribution in [-0.4, -0.2) is 25.2 Å². The first-order valence-corrected chi connectivity index (χ1v) is 7.66. The molecule has 1 aliphatic rings. The van der Waals surface area contributed by atoms with Gasteiger partial charge in [0.05, 0.1) is 0 Å². The van der Waals surface area contributed by atoms with E-state index in [2.05, 4.69) is 5.32 Å². The van der Waals surface area contributed by atoms with Gasteiger partial charge in [-0.2, -0.15) is 13.2 Å². The number of amides is 1. The summed E-state index contributed by atoms with van der Waals surface area (Å²) in [5, 5.41) is 2.79. The van der Waals surface area contributed by atoms with E-state index in [1.54, 1.807) is 18.2 Å². The summed E-state index contributed by atoms with van der Waals surface area (Å²) in [6.45, 7) is -0.736. The molecule has 0 aliphatic heterocycles. The molecule has 0 unspecified atom stereocenters.